The van der Waals surface area contributed by atoms with Crippen LogP contribution < -0.4 is 5.32 Å². The molecule has 2 atom stereocenters. The molecule has 1 saturated carbocycles. The van der Waals surface area contributed by atoms with Gasteiger partial charge in [-0.2, -0.15) is 0 Å². The zero-order valence-corrected chi connectivity index (χ0v) is 15.3. The number of aromatic amines is 1. The summed E-state index contributed by atoms with van der Waals surface area (Å²) in [6.45, 7) is 6.45. The van der Waals surface area contributed by atoms with Gasteiger partial charge in [-0.15, -0.1) is 0 Å². The van der Waals surface area contributed by atoms with Gasteiger partial charge in [0.2, 0.25) is 5.82 Å². The summed E-state index contributed by atoms with van der Waals surface area (Å²) in [4.78, 5) is 16.3. The second-order valence-corrected chi connectivity index (χ2v) is 7.14. The number of hydrogen-bond donors (Lipinski definition) is 3. The molecule has 1 aliphatic carbocycles. The Bertz CT molecular complexity index is 786. The minimum absolute atomic E-state index is 0.332. The summed E-state index contributed by atoms with van der Waals surface area (Å²) in [7, 11) is 0. The first kappa shape index (κ1) is 17.7. The van der Waals surface area contributed by atoms with Crippen LogP contribution in [0.1, 0.15) is 65.1 Å². The number of H-pyrrole nitrogens is 1. The van der Waals surface area contributed by atoms with Crippen LogP contribution in [0.2, 0.25) is 0 Å². The molecule has 1 aliphatic rings. The second-order valence-electron chi connectivity index (χ2n) is 7.14. The maximum Gasteiger partial charge on any atom is 0.209 e. The molecule has 25 heavy (non-hydrogen) atoms. The van der Waals surface area contributed by atoms with E-state index in [1.54, 1.807) is 6.33 Å². The van der Waals surface area contributed by atoms with Gasteiger partial charge in [0, 0.05) is 6.04 Å². The Morgan fingerprint density at radius 3 is 2.92 bits per heavy atom. The van der Waals surface area contributed by atoms with E-state index in [9.17, 15) is 5.11 Å². The first-order valence-corrected chi connectivity index (χ1v) is 9.26. The minimum atomic E-state index is -0.924. The molecule has 2 heterocycles. The molecule has 0 radical (unpaired) electrons. The summed E-state index contributed by atoms with van der Waals surface area (Å²) in [5, 5.41) is 14.1. The van der Waals surface area contributed by atoms with Crippen LogP contribution in [0.3, 0.4) is 0 Å². The number of anilines is 1. The largest absolute Gasteiger partial charge is 0.378 e. The van der Waals surface area contributed by atoms with Crippen LogP contribution in [-0.2, 0) is 0 Å². The first-order valence-electron chi connectivity index (χ1n) is 9.26. The van der Waals surface area contributed by atoms with E-state index < -0.39 is 5.60 Å². The Balaban J connectivity index is 1.91. The van der Waals surface area contributed by atoms with Crippen molar-refractivity contribution in [2.75, 3.05) is 5.32 Å². The second kappa shape index (κ2) is 7.40. The normalized spacial score (nSPS) is 23.5. The summed E-state index contributed by atoms with van der Waals surface area (Å²) in [5.41, 5.74) is 0.464. The quantitative estimate of drug-likeness (QED) is 0.743. The molecule has 2 aromatic heterocycles. The average Bonchev–Trinajstić information content (AvgIpc) is 3.06. The van der Waals surface area contributed by atoms with Gasteiger partial charge in [0.25, 0.3) is 0 Å². The molecule has 1 fully saturated rings. The van der Waals surface area contributed by atoms with Crippen molar-refractivity contribution in [2.45, 2.75) is 70.9 Å². The summed E-state index contributed by atoms with van der Waals surface area (Å²) >= 11 is 0. The van der Waals surface area contributed by atoms with Gasteiger partial charge in [-0.05, 0) is 43.9 Å². The molecule has 0 amide bonds. The van der Waals surface area contributed by atoms with Gasteiger partial charge in [0.1, 0.15) is 11.1 Å². The molecule has 0 bridgehead atoms. The molecule has 3 N–H and O–H groups in total. The molecule has 0 aliphatic heterocycles. The van der Waals surface area contributed by atoms with Crippen LogP contribution in [0.5, 0.6) is 0 Å². The standard InChI is InChI=1S/C19H27N5O/c1-4-14(5-2)22-18-16-17(21-12-20-16)23-15(24-18)8-10-19(25)9-6-7-13(3)11-19/h12-14,25H,4-7,9,11H2,1-3H3,(H2,20,21,22,23,24). The number of nitrogens with one attached hydrogen (secondary N) is 2. The van der Waals surface area contributed by atoms with E-state index in [4.69, 9.17) is 0 Å². The zero-order chi connectivity index (χ0) is 17.9. The fraction of sp³-hybridized carbons (Fsp3) is 0.632. The van der Waals surface area contributed by atoms with E-state index in [0.717, 1.165) is 37.6 Å². The molecule has 0 spiro atoms. The smallest absolute Gasteiger partial charge is 0.209 e. The molecule has 0 saturated heterocycles. The van der Waals surface area contributed by atoms with Gasteiger partial charge in [-0.1, -0.05) is 33.1 Å². The Morgan fingerprint density at radius 1 is 1.40 bits per heavy atom. The number of aliphatic hydroxyl groups is 1. The number of rotatable bonds is 4. The topological polar surface area (TPSA) is 86.7 Å². The molecule has 0 aromatic carbocycles. The van der Waals surface area contributed by atoms with Crippen molar-refractivity contribution in [2.24, 2.45) is 5.92 Å². The highest BCUT2D eigenvalue weighted by atomic mass is 16.3. The lowest BCUT2D eigenvalue weighted by Crippen LogP contribution is -2.32. The van der Waals surface area contributed by atoms with Gasteiger partial charge in [0.15, 0.2) is 11.5 Å². The number of nitrogens with zero attached hydrogens (tertiary/aromatic N) is 3. The molecule has 6 nitrogen and oxygen atoms in total. The number of aromatic nitrogens is 4. The molecular weight excluding hydrogens is 314 g/mol. The van der Waals surface area contributed by atoms with Crippen molar-refractivity contribution >= 4 is 17.0 Å². The van der Waals surface area contributed by atoms with E-state index in [1.165, 1.54) is 0 Å². The van der Waals surface area contributed by atoms with Crippen molar-refractivity contribution in [1.82, 2.24) is 19.9 Å². The maximum absolute atomic E-state index is 10.7. The number of hydrogen-bond acceptors (Lipinski definition) is 5. The zero-order valence-electron chi connectivity index (χ0n) is 15.3. The summed E-state index contributed by atoms with van der Waals surface area (Å²) in [6, 6.07) is 0.332. The predicted octanol–water partition coefficient (Wildman–Crippen LogP) is 3.25. The third kappa shape index (κ3) is 4.10. The van der Waals surface area contributed by atoms with Gasteiger partial charge < -0.3 is 15.4 Å². The molecule has 2 unspecified atom stereocenters. The van der Waals surface area contributed by atoms with Crippen LogP contribution in [0.4, 0.5) is 5.82 Å². The number of fused-ring (bicyclic) bond motifs is 1. The Morgan fingerprint density at radius 2 is 2.20 bits per heavy atom. The molecule has 3 rings (SSSR count). The third-order valence-corrected chi connectivity index (χ3v) is 4.99. The summed E-state index contributed by atoms with van der Waals surface area (Å²) in [5.74, 6) is 7.64. The summed E-state index contributed by atoms with van der Waals surface area (Å²) in [6.07, 6.45) is 7.22. The molecule has 134 valence electrons. The fourth-order valence-electron chi connectivity index (χ4n) is 3.49. The maximum atomic E-state index is 10.7. The minimum Gasteiger partial charge on any atom is -0.378 e. The lowest BCUT2D eigenvalue weighted by atomic mass is 9.79. The average molecular weight is 341 g/mol. The molecule has 2 aromatic rings. The van der Waals surface area contributed by atoms with Gasteiger partial charge >= 0.3 is 0 Å². The first-order chi connectivity index (χ1) is 12.0. The van der Waals surface area contributed by atoms with E-state index in [-0.39, 0.29) is 0 Å². The highest BCUT2D eigenvalue weighted by molar-refractivity contribution is 5.82. The van der Waals surface area contributed by atoms with Crippen molar-refractivity contribution in [1.29, 1.82) is 0 Å². The van der Waals surface area contributed by atoms with Gasteiger partial charge in [-0.25, -0.2) is 15.0 Å². The lowest BCUT2D eigenvalue weighted by molar-refractivity contribution is 0.0410. The SMILES string of the molecule is CCC(CC)Nc1nc(C#CC2(O)CCCC(C)C2)nc2[nH]cnc12. The fourth-order valence-corrected chi connectivity index (χ4v) is 3.49. The monoisotopic (exact) mass is 341 g/mol. The Kier molecular flexibility index (Phi) is 5.24. The van der Waals surface area contributed by atoms with Gasteiger partial charge in [0.05, 0.1) is 6.33 Å². The highest BCUT2D eigenvalue weighted by Crippen LogP contribution is 2.31. The van der Waals surface area contributed by atoms with Crippen molar-refractivity contribution < 1.29 is 5.11 Å². The van der Waals surface area contributed by atoms with E-state index in [1.807, 2.05) is 0 Å². The predicted molar refractivity (Wildman–Crippen MR) is 99.1 cm³/mol. The van der Waals surface area contributed by atoms with Crippen LogP contribution in [-0.4, -0.2) is 36.7 Å². The van der Waals surface area contributed by atoms with Crippen LogP contribution in [0, 0.1) is 17.8 Å². The lowest BCUT2D eigenvalue weighted by Gasteiger charge is -2.30. The molecule has 6 heteroatoms. The summed E-state index contributed by atoms with van der Waals surface area (Å²) < 4.78 is 0. The van der Waals surface area contributed by atoms with E-state index in [0.29, 0.717) is 35.7 Å². The van der Waals surface area contributed by atoms with Crippen LogP contribution in [0.15, 0.2) is 6.33 Å². The third-order valence-electron chi connectivity index (χ3n) is 4.99. The number of imidazole rings is 1. The van der Waals surface area contributed by atoms with E-state index >= 15 is 0 Å². The van der Waals surface area contributed by atoms with Crippen LogP contribution in [0.25, 0.3) is 11.2 Å². The van der Waals surface area contributed by atoms with Crippen molar-refractivity contribution in [3.8, 4) is 11.8 Å². The molecular formula is C19H27N5O. The Hall–Kier alpha value is -2.13. The Labute approximate surface area is 148 Å². The van der Waals surface area contributed by atoms with Crippen LogP contribution >= 0.6 is 0 Å². The van der Waals surface area contributed by atoms with Gasteiger partial charge in [-0.3, -0.25) is 0 Å². The highest BCUT2D eigenvalue weighted by Gasteiger charge is 2.30. The van der Waals surface area contributed by atoms with Crippen molar-refractivity contribution in [3.63, 3.8) is 0 Å². The van der Waals surface area contributed by atoms with E-state index in [2.05, 4.69) is 57.9 Å². The van der Waals surface area contributed by atoms with Crippen molar-refractivity contribution in [3.05, 3.63) is 12.2 Å².